The molecule has 0 atom stereocenters. The zero-order valence-electron chi connectivity index (χ0n) is 17.9. The van der Waals surface area contributed by atoms with Crippen LogP contribution in [0.3, 0.4) is 0 Å². The van der Waals surface area contributed by atoms with Gasteiger partial charge in [0.25, 0.3) is 5.91 Å². The van der Waals surface area contributed by atoms with Crippen molar-refractivity contribution in [3.8, 4) is 5.13 Å². The van der Waals surface area contributed by atoms with Crippen molar-refractivity contribution in [1.29, 1.82) is 0 Å². The minimum absolute atomic E-state index is 0.0510. The zero-order chi connectivity index (χ0) is 20.8. The topological polar surface area (TPSA) is 69.5 Å². The Hall–Kier alpha value is -1.97. The average Bonchev–Trinajstić information content (AvgIpc) is 3.36. The number of hydrogen-bond acceptors (Lipinski definition) is 7. The molecule has 4 rings (SSSR count). The molecule has 0 saturated carbocycles. The number of nitrogens with zero attached hydrogens (tertiary/aromatic N) is 6. The number of piperazine rings is 1. The maximum Gasteiger partial charge on any atom is 0.268 e. The summed E-state index contributed by atoms with van der Waals surface area (Å²) in [7, 11) is 2.17. The molecule has 8 nitrogen and oxygen atoms in total. The summed E-state index contributed by atoms with van der Waals surface area (Å²) in [4.78, 5) is 19.9. The zero-order valence-corrected chi connectivity index (χ0v) is 18.7. The van der Waals surface area contributed by atoms with Gasteiger partial charge in [-0.05, 0) is 45.0 Å². The van der Waals surface area contributed by atoms with Crippen molar-refractivity contribution in [3.05, 3.63) is 24.0 Å². The van der Waals surface area contributed by atoms with E-state index in [1.54, 1.807) is 11.3 Å². The molecular weight excluding hydrogens is 398 g/mol. The first-order valence-corrected chi connectivity index (χ1v) is 12.0. The third kappa shape index (κ3) is 5.39. The highest BCUT2D eigenvalue weighted by Gasteiger charge is 2.19. The van der Waals surface area contributed by atoms with Crippen LogP contribution in [0.5, 0.6) is 0 Å². The SMILES string of the molecule is CN1CCN(CCCNC(=O)c2cccn2-c2nnc(N3CCCCCC3)s2)CC1. The van der Waals surface area contributed by atoms with Crippen LogP contribution in [0.1, 0.15) is 42.6 Å². The van der Waals surface area contributed by atoms with Crippen LogP contribution < -0.4 is 10.2 Å². The Bertz CT molecular complexity index is 804. The van der Waals surface area contributed by atoms with Crippen LogP contribution in [-0.2, 0) is 0 Å². The first kappa shape index (κ1) is 21.3. The molecule has 30 heavy (non-hydrogen) atoms. The van der Waals surface area contributed by atoms with E-state index in [4.69, 9.17) is 0 Å². The minimum atomic E-state index is -0.0510. The summed E-state index contributed by atoms with van der Waals surface area (Å²) in [6.07, 6.45) is 7.86. The number of carbonyl (C=O) groups excluding carboxylic acids is 1. The largest absolute Gasteiger partial charge is 0.351 e. The second-order valence-electron chi connectivity index (χ2n) is 8.29. The molecule has 0 aromatic carbocycles. The summed E-state index contributed by atoms with van der Waals surface area (Å²) in [5.74, 6) is -0.0510. The van der Waals surface area contributed by atoms with Gasteiger partial charge in [0.15, 0.2) is 0 Å². The second-order valence-corrected chi connectivity index (χ2v) is 9.22. The molecule has 0 spiro atoms. The van der Waals surface area contributed by atoms with Crippen LogP contribution in [0.4, 0.5) is 5.13 Å². The van der Waals surface area contributed by atoms with E-state index in [0.717, 1.165) is 62.5 Å². The van der Waals surface area contributed by atoms with E-state index >= 15 is 0 Å². The Morgan fingerprint density at radius 2 is 1.77 bits per heavy atom. The Morgan fingerprint density at radius 1 is 1.03 bits per heavy atom. The lowest BCUT2D eigenvalue weighted by Gasteiger charge is -2.32. The monoisotopic (exact) mass is 431 g/mol. The van der Waals surface area contributed by atoms with Gasteiger partial charge in [-0.1, -0.05) is 24.2 Å². The summed E-state index contributed by atoms with van der Waals surface area (Å²) in [5.41, 5.74) is 0.619. The number of aromatic nitrogens is 3. The summed E-state index contributed by atoms with van der Waals surface area (Å²) >= 11 is 1.56. The summed E-state index contributed by atoms with van der Waals surface area (Å²) < 4.78 is 1.86. The van der Waals surface area contributed by atoms with Crippen LogP contribution in [0.2, 0.25) is 0 Å². The van der Waals surface area contributed by atoms with Crippen molar-refractivity contribution in [2.45, 2.75) is 32.1 Å². The lowest BCUT2D eigenvalue weighted by molar-refractivity contribution is 0.0942. The van der Waals surface area contributed by atoms with E-state index in [1.165, 1.54) is 25.7 Å². The van der Waals surface area contributed by atoms with E-state index in [-0.39, 0.29) is 5.91 Å². The molecule has 2 aromatic rings. The molecule has 4 heterocycles. The second kappa shape index (κ2) is 10.4. The van der Waals surface area contributed by atoms with Crippen molar-refractivity contribution in [3.63, 3.8) is 0 Å². The Morgan fingerprint density at radius 3 is 2.53 bits per heavy atom. The first-order chi connectivity index (χ1) is 14.7. The van der Waals surface area contributed by atoms with E-state index in [2.05, 4.69) is 37.3 Å². The Kier molecular flexibility index (Phi) is 7.35. The van der Waals surface area contributed by atoms with E-state index in [1.807, 2.05) is 22.9 Å². The van der Waals surface area contributed by atoms with Crippen LogP contribution in [0, 0.1) is 0 Å². The molecule has 2 aliphatic rings. The van der Waals surface area contributed by atoms with Crippen molar-refractivity contribution < 1.29 is 4.79 Å². The third-order valence-electron chi connectivity index (χ3n) is 6.00. The number of anilines is 1. The average molecular weight is 432 g/mol. The normalized spacial score (nSPS) is 19.0. The van der Waals surface area contributed by atoms with E-state index in [0.29, 0.717) is 12.2 Å². The van der Waals surface area contributed by atoms with Gasteiger partial charge in [-0.25, -0.2) is 0 Å². The molecule has 164 valence electrons. The predicted molar refractivity (Wildman–Crippen MR) is 121 cm³/mol. The molecule has 2 aliphatic heterocycles. The van der Waals surface area contributed by atoms with Crippen LogP contribution in [-0.4, -0.2) is 89.9 Å². The molecule has 2 saturated heterocycles. The number of carbonyl (C=O) groups is 1. The summed E-state index contributed by atoms with van der Waals surface area (Å²) in [5, 5.41) is 13.6. The fourth-order valence-electron chi connectivity index (χ4n) is 4.09. The minimum Gasteiger partial charge on any atom is -0.351 e. The molecule has 0 unspecified atom stereocenters. The highest BCUT2D eigenvalue weighted by Crippen LogP contribution is 2.26. The lowest BCUT2D eigenvalue weighted by atomic mass is 10.2. The van der Waals surface area contributed by atoms with E-state index < -0.39 is 0 Å². The summed E-state index contributed by atoms with van der Waals surface area (Å²) in [6.45, 7) is 8.29. The van der Waals surface area contributed by atoms with Crippen molar-refractivity contribution in [2.75, 3.05) is 64.3 Å². The van der Waals surface area contributed by atoms with Crippen LogP contribution in [0.15, 0.2) is 18.3 Å². The highest BCUT2D eigenvalue weighted by atomic mass is 32.1. The summed E-state index contributed by atoms with van der Waals surface area (Å²) in [6, 6.07) is 3.75. The van der Waals surface area contributed by atoms with Gasteiger partial charge >= 0.3 is 0 Å². The quantitative estimate of drug-likeness (QED) is 0.677. The maximum absolute atomic E-state index is 12.7. The standard InChI is InChI=1S/C21H33N7OS/c1-25-14-16-26(17-15-25)10-7-9-22-19(29)18-8-6-13-28(18)21-24-23-20(30-21)27-11-4-2-3-5-12-27/h6,8,13H,2-5,7,9-12,14-17H2,1H3,(H,22,29). The third-order valence-corrected chi connectivity index (χ3v) is 6.98. The highest BCUT2D eigenvalue weighted by molar-refractivity contribution is 7.17. The molecule has 2 fully saturated rings. The van der Waals surface area contributed by atoms with E-state index in [9.17, 15) is 4.79 Å². The van der Waals surface area contributed by atoms with Gasteiger partial charge in [-0.15, -0.1) is 10.2 Å². The molecule has 1 N–H and O–H groups in total. The van der Waals surface area contributed by atoms with Gasteiger partial charge in [0, 0.05) is 52.0 Å². The first-order valence-electron chi connectivity index (χ1n) is 11.2. The Labute approximate surface area is 182 Å². The Balaban J connectivity index is 1.30. The van der Waals surface area contributed by atoms with Crippen molar-refractivity contribution in [1.82, 2.24) is 29.9 Å². The smallest absolute Gasteiger partial charge is 0.268 e. The van der Waals surface area contributed by atoms with Gasteiger partial charge in [-0.3, -0.25) is 9.36 Å². The molecule has 0 radical (unpaired) electrons. The van der Waals surface area contributed by atoms with Gasteiger partial charge < -0.3 is 20.0 Å². The number of likely N-dealkylation sites (N-methyl/N-ethyl adjacent to an activating group) is 1. The molecule has 1 amide bonds. The molecule has 0 aliphatic carbocycles. The van der Waals surface area contributed by atoms with Crippen LogP contribution >= 0.6 is 11.3 Å². The predicted octanol–water partition coefficient (Wildman–Crippen LogP) is 2.08. The molecular formula is C21H33N7OS. The number of nitrogens with one attached hydrogen (secondary N) is 1. The molecule has 9 heteroatoms. The molecule has 2 aromatic heterocycles. The number of rotatable bonds is 7. The van der Waals surface area contributed by atoms with Crippen LogP contribution in [0.25, 0.3) is 5.13 Å². The van der Waals surface area contributed by atoms with Gasteiger partial charge in [0.1, 0.15) is 5.69 Å². The fraction of sp³-hybridized carbons (Fsp3) is 0.667. The number of hydrogen-bond donors (Lipinski definition) is 1. The molecule has 0 bridgehead atoms. The van der Waals surface area contributed by atoms with Gasteiger partial charge in [-0.2, -0.15) is 0 Å². The maximum atomic E-state index is 12.7. The van der Waals surface area contributed by atoms with Crippen molar-refractivity contribution >= 4 is 22.4 Å². The number of amides is 1. The van der Waals surface area contributed by atoms with Crippen molar-refractivity contribution in [2.24, 2.45) is 0 Å². The van der Waals surface area contributed by atoms with Gasteiger partial charge in [0.05, 0.1) is 0 Å². The lowest BCUT2D eigenvalue weighted by Crippen LogP contribution is -2.45. The van der Waals surface area contributed by atoms with Gasteiger partial charge in [0.2, 0.25) is 10.3 Å². The fourth-order valence-corrected chi connectivity index (χ4v) is 4.99.